The molecule has 90 valence electrons. The van der Waals surface area contributed by atoms with Gasteiger partial charge in [-0.15, -0.1) is 0 Å². The molecule has 0 bridgehead atoms. The van der Waals surface area contributed by atoms with E-state index in [0.29, 0.717) is 6.04 Å². The predicted molar refractivity (Wildman–Crippen MR) is 69.1 cm³/mol. The van der Waals surface area contributed by atoms with Crippen molar-refractivity contribution in [3.63, 3.8) is 0 Å². The van der Waals surface area contributed by atoms with Gasteiger partial charge in [-0.3, -0.25) is 0 Å². The lowest BCUT2D eigenvalue weighted by Gasteiger charge is -2.17. The van der Waals surface area contributed by atoms with Crippen LogP contribution in [0.1, 0.15) is 18.9 Å². The van der Waals surface area contributed by atoms with Gasteiger partial charge >= 0.3 is 0 Å². The van der Waals surface area contributed by atoms with E-state index in [-0.39, 0.29) is 0 Å². The normalized spacial score (nSPS) is 12.7. The van der Waals surface area contributed by atoms with Crippen LogP contribution in [0.15, 0.2) is 24.3 Å². The van der Waals surface area contributed by atoms with Crippen LogP contribution in [-0.4, -0.2) is 26.3 Å². The van der Waals surface area contributed by atoms with Gasteiger partial charge in [-0.05, 0) is 37.1 Å². The highest BCUT2D eigenvalue weighted by atomic mass is 35.5. The van der Waals surface area contributed by atoms with Crippen molar-refractivity contribution in [3.8, 4) is 0 Å². The van der Waals surface area contributed by atoms with Crippen LogP contribution < -0.4 is 5.32 Å². The highest BCUT2D eigenvalue weighted by molar-refractivity contribution is 6.30. The van der Waals surface area contributed by atoms with E-state index >= 15 is 0 Å². The second kappa shape index (κ2) is 7.66. The SMILES string of the molecule is CCNC(CCOC)Cc1ccc(Cl)cc1. The molecule has 16 heavy (non-hydrogen) atoms. The van der Waals surface area contributed by atoms with Gasteiger partial charge in [-0.2, -0.15) is 0 Å². The molecule has 0 heterocycles. The van der Waals surface area contributed by atoms with E-state index in [1.807, 2.05) is 12.1 Å². The second-order valence-electron chi connectivity index (χ2n) is 3.87. The summed E-state index contributed by atoms with van der Waals surface area (Å²) >= 11 is 5.86. The standard InChI is InChI=1S/C13H20ClNO/c1-3-15-13(8-9-16-2)10-11-4-6-12(14)7-5-11/h4-7,13,15H,3,8-10H2,1-2H3. The Morgan fingerprint density at radius 1 is 1.31 bits per heavy atom. The van der Waals surface area contributed by atoms with Crippen LogP contribution in [0, 0.1) is 0 Å². The number of benzene rings is 1. The van der Waals surface area contributed by atoms with Crippen LogP contribution >= 0.6 is 11.6 Å². The van der Waals surface area contributed by atoms with Crippen molar-refractivity contribution in [1.29, 1.82) is 0 Å². The van der Waals surface area contributed by atoms with Crippen molar-refractivity contribution >= 4 is 11.6 Å². The third kappa shape index (κ3) is 4.97. The number of halogens is 1. The molecule has 0 aliphatic rings. The van der Waals surface area contributed by atoms with Gasteiger partial charge in [0.25, 0.3) is 0 Å². The molecule has 1 aromatic carbocycles. The number of ether oxygens (including phenoxy) is 1. The van der Waals surface area contributed by atoms with E-state index in [9.17, 15) is 0 Å². The van der Waals surface area contributed by atoms with Crippen LogP contribution in [0.5, 0.6) is 0 Å². The average molecular weight is 242 g/mol. The second-order valence-corrected chi connectivity index (χ2v) is 4.30. The Morgan fingerprint density at radius 3 is 2.56 bits per heavy atom. The lowest BCUT2D eigenvalue weighted by molar-refractivity contribution is 0.183. The summed E-state index contributed by atoms with van der Waals surface area (Å²) in [5.41, 5.74) is 1.31. The molecular formula is C13H20ClNO. The highest BCUT2D eigenvalue weighted by Gasteiger charge is 2.07. The van der Waals surface area contributed by atoms with Gasteiger partial charge in [0.05, 0.1) is 0 Å². The van der Waals surface area contributed by atoms with Gasteiger partial charge in [0.2, 0.25) is 0 Å². The minimum atomic E-state index is 0.478. The van der Waals surface area contributed by atoms with Gasteiger partial charge in [-0.25, -0.2) is 0 Å². The smallest absolute Gasteiger partial charge is 0.0477 e. The van der Waals surface area contributed by atoms with Crippen molar-refractivity contribution in [2.45, 2.75) is 25.8 Å². The molecule has 0 saturated heterocycles. The molecule has 2 nitrogen and oxygen atoms in total. The molecule has 1 N–H and O–H groups in total. The quantitative estimate of drug-likeness (QED) is 0.793. The van der Waals surface area contributed by atoms with Gasteiger partial charge in [0.1, 0.15) is 0 Å². The number of hydrogen-bond donors (Lipinski definition) is 1. The van der Waals surface area contributed by atoms with Crippen LogP contribution in [0.2, 0.25) is 5.02 Å². The maximum absolute atomic E-state index is 5.86. The summed E-state index contributed by atoms with van der Waals surface area (Å²) in [5.74, 6) is 0. The molecule has 3 heteroatoms. The van der Waals surface area contributed by atoms with Crippen molar-refractivity contribution in [3.05, 3.63) is 34.9 Å². The summed E-state index contributed by atoms with van der Waals surface area (Å²) in [5, 5.41) is 4.26. The minimum Gasteiger partial charge on any atom is -0.385 e. The summed E-state index contributed by atoms with van der Waals surface area (Å²) < 4.78 is 5.11. The monoisotopic (exact) mass is 241 g/mol. The largest absolute Gasteiger partial charge is 0.385 e. The molecule has 0 aliphatic carbocycles. The molecule has 1 unspecified atom stereocenters. The zero-order valence-electron chi connectivity index (χ0n) is 10.0. The number of rotatable bonds is 7. The fourth-order valence-electron chi connectivity index (χ4n) is 1.73. The molecule has 1 rings (SSSR count). The summed E-state index contributed by atoms with van der Waals surface area (Å²) in [6.07, 6.45) is 2.06. The zero-order chi connectivity index (χ0) is 11.8. The maximum Gasteiger partial charge on any atom is 0.0477 e. The van der Waals surface area contributed by atoms with Crippen LogP contribution in [0.3, 0.4) is 0 Å². The number of nitrogens with one attached hydrogen (secondary N) is 1. The molecule has 0 spiro atoms. The first kappa shape index (κ1) is 13.5. The van der Waals surface area contributed by atoms with E-state index in [0.717, 1.165) is 31.0 Å². The van der Waals surface area contributed by atoms with E-state index in [1.165, 1.54) is 5.56 Å². The van der Waals surface area contributed by atoms with Crippen molar-refractivity contribution < 1.29 is 4.74 Å². The third-order valence-electron chi connectivity index (χ3n) is 2.56. The Labute approximate surface area is 103 Å². The third-order valence-corrected chi connectivity index (χ3v) is 2.81. The number of likely N-dealkylation sites (N-methyl/N-ethyl adjacent to an activating group) is 1. The Bertz CT molecular complexity index is 286. The molecule has 0 aromatic heterocycles. The predicted octanol–water partition coefficient (Wildman–Crippen LogP) is 2.90. The van der Waals surface area contributed by atoms with Gasteiger partial charge in [0, 0.05) is 24.8 Å². The van der Waals surface area contributed by atoms with Gasteiger partial charge < -0.3 is 10.1 Å². The summed E-state index contributed by atoms with van der Waals surface area (Å²) in [6, 6.07) is 8.52. The number of methoxy groups -OCH3 is 1. The van der Waals surface area contributed by atoms with Gasteiger partial charge in [-0.1, -0.05) is 30.7 Å². The lowest BCUT2D eigenvalue weighted by atomic mass is 10.0. The molecule has 0 amide bonds. The first-order valence-electron chi connectivity index (χ1n) is 5.73. The van der Waals surface area contributed by atoms with Crippen LogP contribution in [0.25, 0.3) is 0 Å². The molecular weight excluding hydrogens is 222 g/mol. The lowest BCUT2D eigenvalue weighted by Crippen LogP contribution is -2.32. The van der Waals surface area contributed by atoms with E-state index in [4.69, 9.17) is 16.3 Å². The Kier molecular flexibility index (Phi) is 6.46. The Morgan fingerprint density at radius 2 is 2.00 bits per heavy atom. The topological polar surface area (TPSA) is 21.3 Å². The number of hydrogen-bond acceptors (Lipinski definition) is 2. The molecule has 1 aromatic rings. The molecule has 0 fully saturated rings. The van der Waals surface area contributed by atoms with E-state index in [1.54, 1.807) is 7.11 Å². The summed E-state index contributed by atoms with van der Waals surface area (Å²) in [4.78, 5) is 0. The first-order chi connectivity index (χ1) is 7.76. The van der Waals surface area contributed by atoms with Gasteiger partial charge in [0.15, 0.2) is 0 Å². The molecule has 1 atom stereocenters. The fourth-order valence-corrected chi connectivity index (χ4v) is 1.86. The average Bonchev–Trinajstić information content (AvgIpc) is 2.29. The van der Waals surface area contributed by atoms with Crippen molar-refractivity contribution in [1.82, 2.24) is 5.32 Å². The van der Waals surface area contributed by atoms with Crippen LogP contribution in [0.4, 0.5) is 0 Å². The van der Waals surface area contributed by atoms with E-state index in [2.05, 4.69) is 24.4 Å². The molecule has 0 radical (unpaired) electrons. The maximum atomic E-state index is 5.86. The highest BCUT2D eigenvalue weighted by Crippen LogP contribution is 2.12. The van der Waals surface area contributed by atoms with Crippen molar-refractivity contribution in [2.75, 3.05) is 20.3 Å². The summed E-state index contributed by atoms with van der Waals surface area (Å²) in [7, 11) is 1.74. The van der Waals surface area contributed by atoms with Crippen LogP contribution in [-0.2, 0) is 11.2 Å². The van der Waals surface area contributed by atoms with Crippen molar-refractivity contribution in [2.24, 2.45) is 0 Å². The fraction of sp³-hybridized carbons (Fsp3) is 0.538. The molecule has 0 aliphatic heterocycles. The first-order valence-corrected chi connectivity index (χ1v) is 6.10. The van der Waals surface area contributed by atoms with E-state index < -0.39 is 0 Å². The Hall–Kier alpha value is -0.570. The molecule has 0 saturated carbocycles. The minimum absolute atomic E-state index is 0.478. The Balaban J connectivity index is 2.49. The summed E-state index contributed by atoms with van der Waals surface area (Å²) in [6.45, 7) is 3.91. The zero-order valence-corrected chi connectivity index (χ0v) is 10.8.